The lowest BCUT2D eigenvalue weighted by molar-refractivity contribution is -0.220. The molecule has 9 nitrogen and oxygen atoms in total. The van der Waals surface area contributed by atoms with Crippen molar-refractivity contribution < 1.29 is 44.9 Å². The van der Waals surface area contributed by atoms with Crippen molar-refractivity contribution in [2.24, 2.45) is 5.92 Å². The lowest BCUT2D eigenvalue weighted by atomic mass is 9.79. The Morgan fingerprint density at radius 1 is 1.00 bits per heavy atom. The molecule has 9 heteroatoms. The van der Waals surface area contributed by atoms with Gasteiger partial charge in [-0.15, -0.1) is 0 Å². The zero-order valence-corrected chi connectivity index (χ0v) is 14.5. The van der Waals surface area contributed by atoms with Crippen LogP contribution in [0, 0.1) is 5.92 Å². The monoisotopic (exact) mass is 392 g/mol. The quantitative estimate of drug-likeness (QED) is 0.385. The van der Waals surface area contributed by atoms with Crippen molar-refractivity contribution in [2.45, 2.75) is 36.6 Å². The molecule has 0 aromatic heterocycles. The molecule has 0 radical (unpaired) electrons. The number of hydrogen-bond acceptors (Lipinski definition) is 9. The normalized spacial score (nSPS) is 37.6. The molecule has 0 bridgehead atoms. The summed E-state index contributed by atoms with van der Waals surface area (Å²) in [7, 11) is 0. The number of benzene rings is 1. The molecular weight excluding hydrogens is 372 g/mol. The molecule has 28 heavy (non-hydrogen) atoms. The zero-order valence-electron chi connectivity index (χ0n) is 14.5. The molecular formula is C19H20O9. The number of rotatable bonds is 2. The Morgan fingerprint density at radius 3 is 2.43 bits per heavy atom. The average molecular weight is 392 g/mol. The van der Waals surface area contributed by atoms with Crippen LogP contribution in [0.15, 0.2) is 47.4 Å². The number of carbonyl (C=O) groups is 1. The van der Waals surface area contributed by atoms with Crippen LogP contribution in [0.25, 0.3) is 0 Å². The summed E-state index contributed by atoms with van der Waals surface area (Å²) in [5.74, 6) is -2.34. The Morgan fingerprint density at radius 2 is 1.71 bits per heavy atom. The second-order valence-corrected chi connectivity index (χ2v) is 7.02. The molecule has 0 spiro atoms. The topological polar surface area (TPSA) is 157 Å². The predicted octanol–water partition coefficient (Wildman–Crippen LogP) is -0.644. The fourth-order valence-corrected chi connectivity index (χ4v) is 3.89. The first-order chi connectivity index (χ1) is 13.3. The van der Waals surface area contributed by atoms with E-state index in [0.29, 0.717) is 5.75 Å². The van der Waals surface area contributed by atoms with Crippen molar-refractivity contribution in [2.75, 3.05) is 6.61 Å². The minimum Gasteiger partial charge on any atom is -0.511 e. The third-order valence-corrected chi connectivity index (χ3v) is 5.37. The fourth-order valence-electron chi connectivity index (χ4n) is 3.89. The van der Waals surface area contributed by atoms with Gasteiger partial charge in [0.15, 0.2) is 5.78 Å². The minimum absolute atomic E-state index is 0.262. The molecule has 7 atom stereocenters. The summed E-state index contributed by atoms with van der Waals surface area (Å²) in [6.45, 7) is -0.665. The summed E-state index contributed by atoms with van der Waals surface area (Å²) in [6, 6.07) is 6.48. The standard InChI is InChI=1S/C19H20O9/c20-6-11-15(23)17(25)18(26)19(28-11)12-8(21)5-10-13(16(12)24)14(22)7-3-1-2-4-9(7)27-10/h1-5,10-11,13,15,17-21,23-26H,6H2/t10-,11-,13+,15+,17+,18+,19-/m0/s1. The first-order valence-corrected chi connectivity index (χ1v) is 8.79. The second kappa shape index (κ2) is 6.87. The first-order valence-electron chi connectivity index (χ1n) is 8.79. The van der Waals surface area contributed by atoms with Gasteiger partial charge in [0.05, 0.1) is 17.7 Å². The van der Waals surface area contributed by atoms with Crippen LogP contribution in [0.5, 0.6) is 5.75 Å². The molecule has 2 heterocycles. The first kappa shape index (κ1) is 18.9. The summed E-state index contributed by atoms with van der Waals surface area (Å²) in [5, 5.41) is 60.8. The molecule has 1 aromatic rings. The van der Waals surface area contributed by atoms with E-state index in [2.05, 4.69) is 0 Å². The largest absolute Gasteiger partial charge is 0.511 e. The second-order valence-electron chi connectivity index (χ2n) is 7.02. The van der Waals surface area contributed by atoms with Gasteiger partial charge >= 0.3 is 0 Å². The van der Waals surface area contributed by atoms with Gasteiger partial charge in [0.1, 0.15) is 59.8 Å². The van der Waals surface area contributed by atoms with Gasteiger partial charge in [0, 0.05) is 0 Å². The van der Waals surface area contributed by atoms with Crippen LogP contribution in [0.4, 0.5) is 0 Å². The Kier molecular flexibility index (Phi) is 4.64. The maximum atomic E-state index is 12.9. The van der Waals surface area contributed by atoms with Crippen LogP contribution in [-0.4, -0.2) is 79.7 Å². The highest BCUT2D eigenvalue weighted by molar-refractivity contribution is 6.03. The molecule has 1 aromatic carbocycles. The van der Waals surface area contributed by atoms with E-state index in [1.807, 2.05) is 0 Å². The fraction of sp³-hybridized carbons (Fsp3) is 0.421. The van der Waals surface area contributed by atoms with E-state index < -0.39 is 66.5 Å². The van der Waals surface area contributed by atoms with Crippen molar-refractivity contribution in [3.05, 3.63) is 53.0 Å². The molecule has 1 saturated heterocycles. The number of ether oxygens (including phenoxy) is 2. The predicted molar refractivity (Wildman–Crippen MR) is 92.8 cm³/mol. The van der Waals surface area contributed by atoms with Gasteiger partial charge < -0.3 is 40.1 Å². The summed E-state index contributed by atoms with van der Waals surface area (Å²) in [6.07, 6.45) is -7.45. The van der Waals surface area contributed by atoms with Gasteiger partial charge in [0.2, 0.25) is 0 Å². The number of Topliss-reactive ketones (excluding diaryl/α,β-unsaturated/α-hetero) is 1. The van der Waals surface area contributed by atoms with Crippen molar-refractivity contribution in [1.29, 1.82) is 0 Å². The molecule has 0 unspecified atom stereocenters. The van der Waals surface area contributed by atoms with Crippen LogP contribution >= 0.6 is 0 Å². The number of ketones is 1. The van der Waals surface area contributed by atoms with E-state index in [4.69, 9.17) is 9.47 Å². The van der Waals surface area contributed by atoms with Gasteiger partial charge in [-0.3, -0.25) is 4.79 Å². The summed E-state index contributed by atoms with van der Waals surface area (Å²) >= 11 is 0. The van der Waals surface area contributed by atoms with E-state index in [-0.39, 0.29) is 11.1 Å². The van der Waals surface area contributed by atoms with Crippen molar-refractivity contribution >= 4 is 5.78 Å². The third-order valence-electron chi connectivity index (χ3n) is 5.37. The summed E-state index contributed by atoms with van der Waals surface area (Å²) < 4.78 is 11.1. The minimum atomic E-state index is -1.71. The SMILES string of the molecule is O=C1c2ccccc2O[C@H]2C=C(O)C([C@@H]3O[C@@H](CO)[C@@H](O)[C@@H](O)[C@H]3O)=C(O)[C@@H]12. The van der Waals surface area contributed by atoms with Crippen molar-refractivity contribution in [1.82, 2.24) is 0 Å². The maximum Gasteiger partial charge on any atom is 0.181 e. The van der Waals surface area contributed by atoms with E-state index >= 15 is 0 Å². The third kappa shape index (κ3) is 2.71. The summed E-state index contributed by atoms with van der Waals surface area (Å²) in [5.41, 5.74) is -0.0345. The Hall–Kier alpha value is -2.43. The Labute approximate surface area is 159 Å². The van der Waals surface area contributed by atoms with Crippen LogP contribution in [0.3, 0.4) is 0 Å². The van der Waals surface area contributed by atoms with Crippen LogP contribution < -0.4 is 4.74 Å². The van der Waals surface area contributed by atoms with E-state index in [9.17, 15) is 35.4 Å². The molecule has 6 N–H and O–H groups in total. The molecule has 1 fully saturated rings. The molecule has 4 rings (SSSR count). The highest BCUT2D eigenvalue weighted by Crippen LogP contribution is 2.41. The smallest absolute Gasteiger partial charge is 0.181 e. The highest BCUT2D eigenvalue weighted by Gasteiger charge is 2.50. The maximum absolute atomic E-state index is 12.9. The van der Waals surface area contributed by atoms with Gasteiger partial charge in [-0.05, 0) is 18.2 Å². The molecule has 0 amide bonds. The van der Waals surface area contributed by atoms with E-state index in [1.165, 1.54) is 6.08 Å². The van der Waals surface area contributed by atoms with Gasteiger partial charge in [-0.2, -0.15) is 0 Å². The molecule has 2 aliphatic heterocycles. The van der Waals surface area contributed by atoms with Crippen LogP contribution in [0.1, 0.15) is 10.4 Å². The highest BCUT2D eigenvalue weighted by atomic mass is 16.5. The van der Waals surface area contributed by atoms with Crippen LogP contribution in [-0.2, 0) is 4.74 Å². The number of fused-ring (bicyclic) bond motifs is 2. The van der Waals surface area contributed by atoms with Crippen molar-refractivity contribution in [3.63, 3.8) is 0 Å². The molecule has 3 aliphatic rings. The average Bonchev–Trinajstić information content (AvgIpc) is 2.67. The number of carbonyl (C=O) groups excluding carboxylic acids is 1. The number of aliphatic hydroxyl groups is 6. The lowest BCUT2D eigenvalue weighted by Crippen LogP contribution is -2.59. The van der Waals surface area contributed by atoms with E-state index in [0.717, 1.165) is 0 Å². The van der Waals surface area contributed by atoms with Gasteiger partial charge in [0.25, 0.3) is 0 Å². The lowest BCUT2D eigenvalue weighted by Gasteiger charge is -2.42. The van der Waals surface area contributed by atoms with Gasteiger partial charge in [-0.25, -0.2) is 0 Å². The van der Waals surface area contributed by atoms with E-state index in [1.54, 1.807) is 24.3 Å². The number of hydrogen-bond donors (Lipinski definition) is 6. The Balaban J connectivity index is 1.75. The zero-order chi connectivity index (χ0) is 20.2. The number of aliphatic hydroxyl groups excluding tert-OH is 6. The van der Waals surface area contributed by atoms with Crippen molar-refractivity contribution in [3.8, 4) is 5.75 Å². The van der Waals surface area contributed by atoms with Crippen LogP contribution in [0.2, 0.25) is 0 Å². The molecule has 0 saturated carbocycles. The summed E-state index contributed by atoms with van der Waals surface area (Å²) in [4.78, 5) is 12.9. The molecule has 1 aliphatic carbocycles. The number of para-hydroxylation sites is 1. The Bertz CT molecular complexity index is 859. The van der Waals surface area contributed by atoms with Gasteiger partial charge in [-0.1, -0.05) is 12.1 Å². The molecule has 150 valence electrons.